The molecule has 4 atom stereocenters. The first kappa shape index (κ1) is 8.59. The summed E-state index contributed by atoms with van der Waals surface area (Å²) in [4.78, 5) is 0. The van der Waals surface area contributed by atoms with Gasteiger partial charge in [-0.05, 0) is 48.3 Å². The van der Waals surface area contributed by atoms with E-state index in [2.05, 4.69) is 13.8 Å². The molecule has 0 saturated heterocycles. The minimum absolute atomic E-state index is 0.815. The SMILES string of the molecule is CC.CC1CC2CCC23CC13C. The first-order valence-corrected chi connectivity index (χ1v) is 5.69. The van der Waals surface area contributed by atoms with Gasteiger partial charge in [0.2, 0.25) is 0 Å². The predicted molar refractivity (Wildman–Crippen MR) is 53.0 cm³/mol. The van der Waals surface area contributed by atoms with Crippen molar-refractivity contribution in [1.82, 2.24) is 0 Å². The predicted octanol–water partition coefficient (Wildman–Crippen LogP) is 3.86. The van der Waals surface area contributed by atoms with Crippen LogP contribution in [0.15, 0.2) is 0 Å². The van der Waals surface area contributed by atoms with Crippen LogP contribution < -0.4 is 0 Å². The van der Waals surface area contributed by atoms with E-state index < -0.39 is 0 Å². The second-order valence-corrected chi connectivity index (χ2v) is 5.12. The van der Waals surface area contributed by atoms with Gasteiger partial charge in [0.1, 0.15) is 0 Å². The average molecular weight is 166 g/mol. The van der Waals surface area contributed by atoms with E-state index in [0.29, 0.717) is 0 Å². The Labute approximate surface area is 76.7 Å². The van der Waals surface area contributed by atoms with Crippen molar-refractivity contribution in [1.29, 1.82) is 0 Å². The van der Waals surface area contributed by atoms with Crippen LogP contribution in [0.2, 0.25) is 0 Å². The summed E-state index contributed by atoms with van der Waals surface area (Å²) in [6, 6.07) is 0. The van der Waals surface area contributed by atoms with Gasteiger partial charge in [-0.25, -0.2) is 0 Å². The molecule has 0 aromatic heterocycles. The van der Waals surface area contributed by atoms with Crippen molar-refractivity contribution in [2.75, 3.05) is 0 Å². The highest BCUT2D eigenvalue weighted by Crippen LogP contribution is 2.84. The molecule has 0 radical (unpaired) electrons. The topological polar surface area (TPSA) is 0 Å². The van der Waals surface area contributed by atoms with Crippen LogP contribution >= 0.6 is 0 Å². The van der Waals surface area contributed by atoms with Gasteiger partial charge in [-0.3, -0.25) is 0 Å². The highest BCUT2D eigenvalue weighted by atomic mass is 14.8. The lowest BCUT2D eigenvalue weighted by Gasteiger charge is -2.35. The van der Waals surface area contributed by atoms with E-state index >= 15 is 0 Å². The van der Waals surface area contributed by atoms with E-state index in [4.69, 9.17) is 0 Å². The third-order valence-corrected chi connectivity index (χ3v) is 5.14. The highest BCUT2D eigenvalue weighted by Gasteiger charge is 2.76. The summed E-state index contributed by atoms with van der Waals surface area (Å²) in [6.07, 6.45) is 6.25. The van der Waals surface area contributed by atoms with Crippen LogP contribution in [0, 0.1) is 22.7 Å². The maximum absolute atomic E-state index is 2.52. The molecule has 3 aliphatic rings. The molecule has 0 nitrogen and oxygen atoms in total. The fourth-order valence-electron chi connectivity index (χ4n) is 3.99. The minimum atomic E-state index is 0.815. The summed E-state index contributed by atoms with van der Waals surface area (Å²) in [5, 5.41) is 0. The second kappa shape index (κ2) is 2.27. The summed E-state index contributed by atoms with van der Waals surface area (Å²) in [6.45, 7) is 8.99. The van der Waals surface area contributed by atoms with Crippen molar-refractivity contribution in [2.24, 2.45) is 22.7 Å². The molecule has 0 heteroatoms. The molecule has 3 fully saturated rings. The zero-order valence-electron chi connectivity index (χ0n) is 8.98. The Hall–Kier alpha value is 0. The zero-order valence-corrected chi connectivity index (χ0v) is 8.98. The van der Waals surface area contributed by atoms with Gasteiger partial charge in [0.15, 0.2) is 0 Å². The van der Waals surface area contributed by atoms with E-state index in [1.165, 1.54) is 0 Å². The summed E-state index contributed by atoms with van der Waals surface area (Å²) < 4.78 is 0. The van der Waals surface area contributed by atoms with Crippen LogP contribution in [-0.2, 0) is 0 Å². The molecular formula is C12H22. The fraction of sp³-hybridized carbons (Fsp3) is 1.00. The molecule has 1 spiro atoms. The first-order chi connectivity index (χ1) is 5.69. The Morgan fingerprint density at radius 1 is 1.25 bits per heavy atom. The Kier molecular flexibility index (Phi) is 1.63. The second-order valence-electron chi connectivity index (χ2n) is 5.12. The van der Waals surface area contributed by atoms with Crippen LogP contribution in [-0.4, -0.2) is 0 Å². The van der Waals surface area contributed by atoms with Crippen LogP contribution in [0.4, 0.5) is 0 Å². The summed E-state index contributed by atoms with van der Waals surface area (Å²) in [5.41, 5.74) is 1.72. The van der Waals surface area contributed by atoms with Gasteiger partial charge in [-0.15, -0.1) is 0 Å². The Morgan fingerprint density at radius 2 is 1.92 bits per heavy atom. The third-order valence-electron chi connectivity index (χ3n) is 5.14. The summed E-state index contributed by atoms with van der Waals surface area (Å²) >= 11 is 0. The lowest BCUT2D eigenvalue weighted by atomic mass is 9.70. The molecule has 0 aromatic rings. The van der Waals surface area contributed by atoms with E-state index in [-0.39, 0.29) is 0 Å². The Morgan fingerprint density at radius 3 is 2.08 bits per heavy atom. The number of hydrogen-bond acceptors (Lipinski definition) is 0. The van der Waals surface area contributed by atoms with Crippen molar-refractivity contribution in [3.63, 3.8) is 0 Å². The normalized spacial score (nSPS) is 59.0. The summed E-state index contributed by atoms with van der Waals surface area (Å²) in [5.74, 6) is 2.20. The molecule has 0 amide bonds. The maximum atomic E-state index is 2.52. The first-order valence-electron chi connectivity index (χ1n) is 5.69. The quantitative estimate of drug-likeness (QED) is 0.512. The fourth-order valence-corrected chi connectivity index (χ4v) is 3.99. The van der Waals surface area contributed by atoms with Gasteiger partial charge in [0.05, 0.1) is 0 Å². The van der Waals surface area contributed by atoms with Crippen LogP contribution in [0.25, 0.3) is 0 Å². The lowest BCUT2D eigenvalue weighted by molar-refractivity contribution is 0.150. The van der Waals surface area contributed by atoms with Gasteiger partial charge >= 0.3 is 0 Å². The van der Waals surface area contributed by atoms with Crippen LogP contribution in [0.5, 0.6) is 0 Å². The molecule has 0 N–H and O–H groups in total. The standard InChI is InChI=1S/C10H16.C2H6/c1-7-5-8-3-4-10(8)6-9(7,10)2;1-2/h7-8H,3-6H2,1-2H3;1-2H3. The molecule has 3 aliphatic carbocycles. The number of hydrogen-bond donors (Lipinski definition) is 0. The van der Waals surface area contributed by atoms with Crippen molar-refractivity contribution in [3.8, 4) is 0 Å². The summed E-state index contributed by atoms with van der Waals surface area (Å²) in [7, 11) is 0. The molecule has 0 aromatic carbocycles. The van der Waals surface area contributed by atoms with Crippen LogP contribution in [0.1, 0.15) is 53.4 Å². The molecule has 3 saturated carbocycles. The van der Waals surface area contributed by atoms with E-state index in [1.54, 1.807) is 25.7 Å². The number of rotatable bonds is 0. The van der Waals surface area contributed by atoms with E-state index in [0.717, 1.165) is 22.7 Å². The zero-order chi connectivity index (χ0) is 8.98. The van der Waals surface area contributed by atoms with Gasteiger partial charge in [0, 0.05) is 0 Å². The molecular weight excluding hydrogens is 144 g/mol. The Bertz CT molecular complexity index is 188. The monoisotopic (exact) mass is 166 g/mol. The lowest BCUT2D eigenvalue weighted by Crippen LogP contribution is -2.26. The van der Waals surface area contributed by atoms with Crippen molar-refractivity contribution in [2.45, 2.75) is 53.4 Å². The molecule has 12 heavy (non-hydrogen) atoms. The van der Waals surface area contributed by atoms with Gasteiger partial charge in [-0.1, -0.05) is 27.7 Å². The minimum Gasteiger partial charge on any atom is -0.0683 e. The molecule has 0 bridgehead atoms. The smallest absolute Gasteiger partial charge is 0.0207 e. The van der Waals surface area contributed by atoms with E-state index in [1.807, 2.05) is 13.8 Å². The Balaban J connectivity index is 0.000000264. The molecule has 3 rings (SSSR count). The largest absolute Gasteiger partial charge is 0.0683 e. The van der Waals surface area contributed by atoms with Crippen molar-refractivity contribution < 1.29 is 0 Å². The molecule has 70 valence electrons. The third kappa shape index (κ3) is 0.661. The molecule has 4 unspecified atom stereocenters. The maximum Gasteiger partial charge on any atom is -0.0207 e. The molecule has 0 heterocycles. The van der Waals surface area contributed by atoms with Crippen LogP contribution in [0.3, 0.4) is 0 Å². The van der Waals surface area contributed by atoms with Gasteiger partial charge < -0.3 is 0 Å². The van der Waals surface area contributed by atoms with E-state index in [9.17, 15) is 0 Å². The van der Waals surface area contributed by atoms with Gasteiger partial charge in [0.25, 0.3) is 0 Å². The van der Waals surface area contributed by atoms with Gasteiger partial charge in [-0.2, -0.15) is 0 Å². The molecule has 0 aliphatic heterocycles. The highest BCUT2D eigenvalue weighted by molar-refractivity contribution is 5.25. The average Bonchev–Trinajstić information content (AvgIpc) is 2.70. The van der Waals surface area contributed by atoms with Crippen molar-refractivity contribution >= 4 is 0 Å². The van der Waals surface area contributed by atoms with Crippen molar-refractivity contribution in [3.05, 3.63) is 0 Å².